The van der Waals surface area contributed by atoms with Crippen molar-refractivity contribution in [3.63, 3.8) is 0 Å². The van der Waals surface area contributed by atoms with E-state index >= 15 is 0 Å². The number of hydrogen-bond donors (Lipinski definition) is 1. The lowest BCUT2D eigenvalue weighted by atomic mass is 9.97. The number of morpholine rings is 1. The summed E-state index contributed by atoms with van der Waals surface area (Å²) in [6.45, 7) is 2.80. The van der Waals surface area contributed by atoms with Crippen molar-refractivity contribution in [1.82, 2.24) is 4.90 Å². The number of ether oxygens (including phenoxy) is 2. The number of aliphatic carboxylic acids is 1. The highest BCUT2D eigenvalue weighted by atomic mass is 16.5. The van der Waals surface area contributed by atoms with Gasteiger partial charge in [-0.2, -0.15) is 0 Å². The monoisotopic (exact) mass is 307 g/mol. The van der Waals surface area contributed by atoms with E-state index in [1.165, 1.54) is 0 Å². The molecule has 1 aromatic rings. The van der Waals surface area contributed by atoms with Gasteiger partial charge in [0.2, 0.25) is 5.91 Å². The summed E-state index contributed by atoms with van der Waals surface area (Å²) in [5, 5.41) is 8.97. The van der Waals surface area contributed by atoms with Gasteiger partial charge in [0.15, 0.2) is 6.10 Å². The Balaban J connectivity index is 1.93. The van der Waals surface area contributed by atoms with Gasteiger partial charge in [-0.1, -0.05) is 19.1 Å². The highest BCUT2D eigenvalue weighted by molar-refractivity contribution is 5.79. The molecule has 2 atom stereocenters. The quantitative estimate of drug-likeness (QED) is 0.892. The normalized spacial score (nSPS) is 19.5. The van der Waals surface area contributed by atoms with Crippen LogP contribution in [0.1, 0.15) is 24.8 Å². The summed E-state index contributed by atoms with van der Waals surface area (Å²) in [6, 6.07) is 7.61. The van der Waals surface area contributed by atoms with Crippen molar-refractivity contribution in [2.45, 2.75) is 25.4 Å². The fraction of sp³-hybridized carbons (Fsp3) is 0.500. The Morgan fingerprint density at radius 2 is 2.09 bits per heavy atom. The number of nitrogens with zero attached hydrogens (tertiary/aromatic N) is 1. The standard InChI is InChI=1S/C16H21NO5/c1-11(12-3-5-13(21-2)6-4-12)9-15(18)17-7-8-22-14(10-17)16(19)20/h3-6,11,14H,7-10H2,1-2H3,(H,19,20)/t11-,14-/m1/s1. The second-order valence-electron chi connectivity index (χ2n) is 5.42. The molecule has 22 heavy (non-hydrogen) atoms. The molecule has 0 unspecified atom stereocenters. The van der Waals surface area contributed by atoms with Gasteiger partial charge < -0.3 is 19.5 Å². The Morgan fingerprint density at radius 3 is 2.68 bits per heavy atom. The first-order valence-electron chi connectivity index (χ1n) is 7.27. The summed E-state index contributed by atoms with van der Waals surface area (Å²) >= 11 is 0. The molecular weight excluding hydrogens is 286 g/mol. The first kappa shape index (κ1) is 16.3. The summed E-state index contributed by atoms with van der Waals surface area (Å²) in [5.74, 6) is -0.233. The van der Waals surface area contributed by atoms with Gasteiger partial charge in [0.05, 0.1) is 20.3 Å². The van der Waals surface area contributed by atoms with Gasteiger partial charge in [0.1, 0.15) is 5.75 Å². The number of carboxylic acids is 1. The molecule has 120 valence electrons. The van der Waals surface area contributed by atoms with Gasteiger partial charge in [-0.3, -0.25) is 4.79 Å². The van der Waals surface area contributed by atoms with E-state index in [4.69, 9.17) is 14.6 Å². The molecule has 0 saturated carbocycles. The molecule has 1 aliphatic heterocycles. The van der Waals surface area contributed by atoms with Crippen molar-refractivity contribution >= 4 is 11.9 Å². The molecule has 2 rings (SSSR count). The Hall–Kier alpha value is -2.08. The topological polar surface area (TPSA) is 76.1 Å². The van der Waals surface area contributed by atoms with Crippen molar-refractivity contribution < 1.29 is 24.2 Å². The molecule has 1 aliphatic rings. The molecule has 6 nitrogen and oxygen atoms in total. The third kappa shape index (κ3) is 3.98. The summed E-state index contributed by atoms with van der Waals surface area (Å²) in [6.07, 6.45) is -0.576. The minimum absolute atomic E-state index is 0.0436. The first-order valence-corrected chi connectivity index (χ1v) is 7.27. The Labute approximate surface area is 129 Å². The Morgan fingerprint density at radius 1 is 1.41 bits per heavy atom. The van der Waals surface area contributed by atoms with E-state index in [2.05, 4.69) is 0 Å². The number of amides is 1. The van der Waals surface area contributed by atoms with E-state index in [0.29, 0.717) is 13.0 Å². The lowest BCUT2D eigenvalue weighted by molar-refractivity contribution is -0.159. The average molecular weight is 307 g/mol. The van der Waals surface area contributed by atoms with Crippen molar-refractivity contribution in [2.24, 2.45) is 0 Å². The molecule has 0 radical (unpaired) electrons. The van der Waals surface area contributed by atoms with E-state index < -0.39 is 12.1 Å². The summed E-state index contributed by atoms with van der Waals surface area (Å²) in [7, 11) is 1.61. The number of hydrogen-bond acceptors (Lipinski definition) is 4. The van der Waals surface area contributed by atoms with E-state index in [1.807, 2.05) is 31.2 Å². The second kappa shape index (κ2) is 7.26. The molecule has 0 aliphatic carbocycles. The number of carbonyl (C=O) groups is 2. The molecule has 1 fully saturated rings. The fourth-order valence-electron chi connectivity index (χ4n) is 2.47. The van der Waals surface area contributed by atoms with Crippen LogP contribution in [0.5, 0.6) is 5.75 Å². The molecule has 0 aromatic heterocycles. The number of benzene rings is 1. The largest absolute Gasteiger partial charge is 0.497 e. The molecule has 0 bridgehead atoms. The summed E-state index contributed by atoms with van der Waals surface area (Å²) < 4.78 is 10.2. The second-order valence-corrected chi connectivity index (χ2v) is 5.42. The smallest absolute Gasteiger partial charge is 0.334 e. The molecule has 1 saturated heterocycles. The SMILES string of the molecule is COc1ccc([C@H](C)CC(=O)N2CCO[C@@H](C(=O)O)C2)cc1. The highest BCUT2D eigenvalue weighted by Gasteiger charge is 2.29. The third-order valence-corrected chi connectivity index (χ3v) is 3.86. The summed E-state index contributed by atoms with van der Waals surface area (Å²) in [5.41, 5.74) is 1.05. The molecule has 1 heterocycles. The minimum Gasteiger partial charge on any atom is -0.497 e. The number of carboxylic acid groups (broad SMARTS) is 1. The Bertz CT molecular complexity index is 528. The molecular formula is C16H21NO5. The van der Waals surface area contributed by atoms with Crippen LogP contribution in [0.4, 0.5) is 0 Å². The molecule has 0 spiro atoms. The van der Waals surface area contributed by atoms with Gasteiger partial charge in [-0.25, -0.2) is 4.79 Å². The first-order chi connectivity index (χ1) is 10.5. The van der Waals surface area contributed by atoms with Gasteiger partial charge in [0.25, 0.3) is 0 Å². The lowest BCUT2D eigenvalue weighted by Gasteiger charge is -2.31. The van der Waals surface area contributed by atoms with Gasteiger partial charge in [-0.05, 0) is 23.6 Å². The molecule has 1 aromatic carbocycles. The summed E-state index contributed by atoms with van der Waals surface area (Å²) in [4.78, 5) is 24.8. The van der Waals surface area contributed by atoms with Crippen molar-refractivity contribution in [3.05, 3.63) is 29.8 Å². The number of carbonyl (C=O) groups excluding carboxylic acids is 1. The number of rotatable bonds is 5. The predicted octanol–water partition coefficient (Wildman–Crippen LogP) is 1.50. The zero-order chi connectivity index (χ0) is 16.1. The van der Waals surface area contributed by atoms with Gasteiger partial charge in [-0.15, -0.1) is 0 Å². The van der Waals surface area contributed by atoms with E-state index in [1.54, 1.807) is 12.0 Å². The van der Waals surface area contributed by atoms with Crippen LogP contribution in [0.3, 0.4) is 0 Å². The molecule has 1 amide bonds. The van der Waals surface area contributed by atoms with E-state index in [0.717, 1.165) is 11.3 Å². The van der Waals surface area contributed by atoms with Crippen LogP contribution in [-0.2, 0) is 14.3 Å². The molecule has 1 N–H and O–H groups in total. The lowest BCUT2D eigenvalue weighted by Crippen LogP contribution is -2.48. The van der Waals surface area contributed by atoms with Crippen LogP contribution in [-0.4, -0.2) is 54.8 Å². The van der Waals surface area contributed by atoms with E-state index in [-0.39, 0.29) is 25.0 Å². The van der Waals surface area contributed by atoms with Crippen molar-refractivity contribution in [2.75, 3.05) is 26.8 Å². The maximum atomic E-state index is 12.3. The van der Waals surface area contributed by atoms with Crippen LogP contribution >= 0.6 is 0 Å². The molecule has 6 heteroatoms. The minimum atomic E-state index is -1.03. The van der Waals surface area contributed by atoms with E-state index in [9.17, 15) is 9.59 Å². The maximum Gasteiger partial charge on any atom is 0.334 e. The third-order valence-electron chi connectivity index (χ3n) is 3.86. The predicted molar refractivity (Wildman–Crippen MR) is 80.0 cm³/mol. The zero-order valence-electron chi connectivity index (χ0n) is 12.8. The van der Waals surface area contributed by atoms with Gasteiger partial charge >= 0.3 is 5.97 Å². The average Bonchev–Trinajstić information content (AvgIpc) is 2.54. The van der Waals surface area contributed by atoms with Crippen molar-refractivity contribution in [3.8, 4) is 5.75 Å². The van der Waals surface area contributed by atoms with Crippen LogP contribution in [0.15, 0.2) is 24.3 Å². The zero-order valence-corrected chi connectivity index (χ0v) is 12.8. The van der Waals surface area contributed by atoms with Gasteiger partial charge in [0, 0.05) is 13.0 Å². The number of methoxy groups -OCH3 is 1. The Kier molecular flexibility index (Phi) is 5.38. The maximum absolute atomic E-state index is 12.3. The van der Waals surface area contributed by atoms with Crippen LogP contribution in [0.25, 0.3) is 0 Å². The van der Waals surface area contributed by atoms with Crippen molar-refractivity contribution in [1.29, 1.82) is 0 Å². The highest BCUT2D eigenvalue weighted by Crippen LogP contribution is 2.23. The van der Waals surface area contributed by atoms with Crippen LogP contribution < -0.4 is 4.74 Å². The fourth-order valence-corrected chi connectivity index (χ4v) is 2.47. The van der Waals surface area contributed by atoms with Crippen LogP contribution in [0.2, 0.25) is 0 Å². The van der Waals surface area contributed by atoms with Crippen LogP contribution in [0, 0.1) is 0 Å².